The van der Waals surface area contributed by atoms with Crippen LogP contribution in [0.4, 0.5) is 0 Å². The van der Waals surface area contributed by atoms with Gasteiger partial charge in [0.1, 0.15) is 6.04 Å². The van der Waals surface area contributed by atoms with Crippen LogP contribution in [0.2, 0.25) is 0 Å². The monoisotopic (exact) mass is 304 g/mol. The molecule has 1 atom stereocenters. The first-order valence-corrected chi connectivity index (χ1v) is 7.09. The number of carbonyl (C=O) groups is 2. The van der Waals surface area contributed by atoms with Gasteiger partial charge in [-0.3, -0.25) is 9.59 Å². The first kappa shape index (κ1) is 17.5. The van der Waals surface area contributed by atoms with E-state index in [-0.39, 0.29) is 12.3 Å². The van der Waals surface area contributed by atoms with E-state index in [4.69, 9.17) is 14.7 Å². The molecule has 0 radical (unpaired) electrons. The topological polar surface area (TPSA) is 88.4 Å². The quantitative estimate of drug-likeness (QED) is 0.614. The fraction of sp³-hybridized carbons (Fsp3) is 0.438. The van der Waals surface area contributed by atoms with E-state index < -0.39 is 12.0 Å². The number of hydrogen-bond donors (Lipinski definition) is 1. The van der Waals surface area contributed by atoms with Crippen molar-refractivity contribution in [2.75, 3.05) is 6.61 Å². The lowest BCUT2D eigenvalue weighted by molar-refractivity contribution is -0.132. The van der Waals surface area contributed by atoms with Gasteiger partial charge in [0.25, 0.3) is 0 Å². The van der Waals surface area contributed by atoms with Crippen LogP contribution in [0, 0.1) is 11.3 Å². The lowest BCUT2D eigenvalue weighted by atomic mass is 10.1. The normalized spacial score (nSPS) is 11.2. The van der Waals surface area contributed by atoms with E-state index in [1.54, 1.807) is 25.1 Å². The molecule has 6 heteroatoms. The maximum absolute atomic E-state index is 11.6. The van der Waals surface area contributed by atoms with Crippen LogP contribution in [0.1, 0.15) is 32.8 Å². The number of hydrogen-bond acceptors (Lipinski definition) is 5. The molecule has 0 aromatic heterocycles. The largest absolute Gasteiger partial charge is 0.490 e. The summed E-state index contributed by atoms with van der Waals surface area (Å²) in [6.07, 6.45) is 0.773. The maximum Gasteiger partial charge on any atom is 0.308 e. The number of carbonyl (C=O) groups excluding carboxylic acids is 2. The van der Waals surface area contributed by atoms with Gasteiger partial charge in [-0.25, -0.2) is 0 Å². The molecule has 6 nitrogen and oxygen atoms in total. The number of ether oxygens (including phenoxy) is 2. The van der Waals surface area contributed by atoms with Crippen molar-refractivity contribution >= 4 is 11.9 Å². The predicted molar refractivity (Wildman–Crippen MR) is 80.5 cm³/mol. The molecule has 1 aromatic carbocycles. The van der Waals surface area contributed by atoms with Gasteiger partial charge in [0.15, 0.2) is 11.5 Å². The summed E-state index contributed by atoms with van der Waals surface area (Å²) in [5.41, 5.74) is 0.888. The van der Waals surface area contributed by atoms with Gasteiger partial charge < -0.3 is 14.8 Å². The van der Waals surface area contributed by atoms with Gasteiger partial charge in [-0.2, -0.15) is 5.26 Å². The van der Waals surface area contributed by atoms with Crippen molar-refractivity contribution in [3.8, 4) is 17.6 Å². The maximum atomic E-state index is 11.6. The number of benzene rings is 1. The number of rotatable bonds is 7. The summed E-state index contributed by atoms with van der Waals surface area (Å²) in [4.78, 5) is 22.7. The minimum Gasteiger partial charge on any atom is -0.490 e. The Labute approximate surface area is 130 Å². The fourth-order valence-electron chi connectivity index (χ4n) is 1.82. The van der Waals surface area contributed by atoms with Crippen LogP contribution < -0.4 is 14.8 Å². The van der Waals surface area contributed by atoms with E-state index in [2.05, 4.69) is 5.32 Å². The van der Waals surface area contributed by atoms with Gasteiger partial charge in [0.05, 0.1) is 12.7 Å². The summed E-state index contributed by atoms with van der Waals surface area (Å²) in [6.45, 7) is 5.22. The lowest BCUT2D eigenvalue weighted by Crippen LogP contribution is -2.31. The Morgan fingerprint density at radius 2 is 2.09 bits per heavy atom. The average molecular weight is 304 g/mol. The van der Waals surface area contributed by atoms with Crippen LogP contribution in [-0.4, -0.2) is 24.5 Å². The second-order valence-electron chi connectivity index (χ2n) is 4.73. The number of esters is 1. The third-order valence-corrected chi connectivity index (χ3v) is 2.77. The molecule has 0 aliphatic carbocycles. The zero-order valence-electron chi connectivity index (χ0n) is 13.0. The van der Waals surface area contributed by atoms with Gasteiger partial charge in [0, 0.05) is 13.3 Å². The molecular formula is C16H20N2O4. The number of nitrogens with zero attached hydrogens (tertiary/aromatic N) is 1. The number of nitrogens with one attached hydrogen (secondary N) is 1. The van der Waals surface area contributed by atoms with Crippen molar-refractivity contribution in [3.63, 3.8) is 0 Å². The van der Waals surface area contributed by atoms with E-state index in [0.717, 1.165) is 5.56 Å². The molecule has 1 amide bonds. The molecule has 118 valence electrons. The zero-order valence-corrected chi connectivity index (χ0v) is 13.0. The number of amides is 1. The van der Waals surface area contributed by atoms with Crippen molar-refractivity contribution in [2.24, 2.45) is 0 Å². The van der Waals surface area contributed by atoms with Crippen molar-refractivity contribution in [2.45, 2.75) is 39.7 Å². The molecule has 0 saturated carbocycles. The second kappa shape index (κ2) is 8.67. The van der Waals surface area contributed by atoms with Gasteiger partial charge in [-0.15, -0.1) is 0 Å². The van der Waals surface area contributed by atoms with Gasteiger partial charge in [-0.1, -0.05) is 6.07 Å². The van der Waals surface area contributed by atoms with Crippen LogP contribution >= 0.6 is 0 Å². The van der Waals surface area contributed by atoms with Crippen molar-refractivity contribution in [1.82, 2.24) is 5.32 Å². The molecule has 22 heavy (non-hydrogen) atoms. The zero-order chi connectivity index (χ0) is 16.5. The average Bonchev–Trinajstić information content (AvgIpc) is 2.47. The van der Waals surface area contributed by atoms with E-state index in [0.29, 0.717) is 24.5 Å². The molecule has 1 unspecified atom stereocenters. The molecule has 0 heterocycles. The van der Waals surface area contributed by atoms with Gasteiger partial charge in [0.2, 0.25) is 5.91 Å². The molecule has 0 aliphatic rings. The van der Waals surface area contributed by atoms with E-state index in [1.165, 1.54) is 6.92 Å². The van der Waals surface area contributed by atoms with Crippen LogP contribution in [0.3, 0.4) is 0 Å². The molecular weight excluding hydrogens is 284 g/mol. The fourth-order valence-corrected chi connectivity index (χ4v) is 1.82. The second-order valence-corrected chi connectivity index (χ2v) is 4.73. The van der Waals surface area contributed by atoms with Crippen molar-refractivity contribution in [1.29, 1.82) is 5.26 Å². The van der Waals surface area contributed by atoms with Gasteiger partial charge in [-0.05, 0) is 38.0 Å². The van der Waals surface area contributed by atoms with Crippen LogP contribution in [0.25, 0.3) is 0 Å². The minimum absolute atomic E-state index is 0.184. The summed E-state index contributed by atoms with van der Waals surface area (Å²) in [5, 5.41) is 11.2. The number of nitriles is 1. The Kier molecular flexibility index (Phi) is 6.90. The minimum atomic E-state index is -0.502. The van der Waals surface area contributed by atoms with Gasteiger partial charge >= 0.3 is 5.97 Å². The highest BCUT2D eigenvalue weighted by Gasteiger charge is 2.11. The SMILES string of the molecule is CCOc1cc(CCC(=O)NC(C)C#N)ccc1OC(C)=O. The highest BCUT2D eigenvalue weighted by Crippen LogP contribution is 2.29. The van der Waals surface area contributed by atoms with Crippen LogP contribution in [0.15, 0.2) is 18.2 Å². The Balaban J connectivity index is 2.72. The van der Waals surface area contributed by atoms with Crippen LogP contribution in [-0.2, 0) is 16.0 Å². The molecule has 1 aromatic rings. The summed E-state index contributed by atoms with van der Waals surface area (Å²) >= 11 is 0. The highest BCUT2D eigenvalue weighted by atomic mass is 16.6. The summed E-state index contributed by atoms with van der Waals surface area (Å²) in [7, 11) is 0. The van der Waals surface area contributed by atoms with E-state index in [1.807, 2.05) is 13.0 Å². The molecule has 0 saturated heterocycles. The molecule has 0 spiro atoms. The highest BCUT2D eigenvalue weighted by molar-refractivity contribution is 5.76. The van der Waals surface area contributed by atoms with Crippen molar-refractivity contribution in [3.05, 3.63) is 23.8 Å². The standard InChI is InChI=1S/C16H20N2O4/c1-4-21-15-9-13(5-7-14(15)22-12(3)19)6-8-16(20)18-11(2)10-17/h5,7,9,11H,4,6,8H2,1-3H3,(H,18,20). The summed E-state index contributed by atoms with van der Waals surface area (Å²) in [6, 6.07) is 6.63. The summed E-state index contributed by atoms with van der Waals surface area (Å²) < 4.78 is 10.5. The third-order valence-electron chi connectivity index (χ3n) is 2.77. The predicted octanol–water partition coefficient (Wildman–Crippen LogP) is 1.97. The summed E-state index contributed by atoms with van der Waals surface area (Å²) in [5.74, 6) is 0.233. The molecule has 0 aliphatic heterocycles. The third kappa shape index (κ3) is 5.83. The molecule has 1 N–H and O–H groups in total. The van der Waals surface area contributed by atoms with E-state index in [9.17, 15) is 9.59 Å². The molecule has 0 fully saturated rings. The first-order chi connectivity index (χ1) is 10.5. The lowest BCUT2D eigenvalue weighted by Gasteiger charge is -2.12. The Bertz CT molecular complexity index is 578. The Morgan fingerprint density at radius 3 is 2.68 bits per heavy atom. The molecule has 0 bridgehead atoms. The Hall–Kier alpha value is -2.55. The van der Waals surface area contributed by atoms with Crippen molar-refractivity contribution < 1.29 is 19.1 Å². The van der Waals surface area contributed by atoms with E-state index >= 15 is 0 Å². The number of aryl methyl sites for hydroxylation is 1. The van der Waals surface area contributed by atoms with Crippen LogP contribution in [0.5, 0.6) is 11.5 Å². The molecule has 1 rings (SSSR count). The first-order valence-electron chi connectivity index (χ1n) is 7.09. The Morgan fingerprint density at radius 1 is 1.36 bits per heavy atom. The smallest absolute Gasteiger partial charge is 0.308 e.